The van der Waals surface area contributed by atoms with Gasteiger partial charge in [0.2, 0.25) is 0 Å². The van der Waals surface area contributed by atoms with E-state index in [9.17, 15) is 0 Å². The smallest absolute Gasteiger partial charge is 0.123 e. The average Bonchev–Trinajstić information content (AvgIpc) is 2.40. The zero-order valence-corrected chi connectivity index (χ0v) is 13.7. The first kappa shape index (κ1) is 16.5. The van der Waals surface area contributed by atoms with Gasteiger partial charge in [-0.05, 0) is 44.1 Å². The van der Waals surface area contributed by atoms with Gasteiger partial charge in [0.05, 0.1) is 13.2 Å². The van der Waals surface area contributed by atoms with Crippen LogP contribution in [0, 0.1) is 0 Å². The van der Waals surface area contributed by atoms with E-state index in [1.807, 2.05) is 12.1 Å². The van der Waals surface area contributed by atoms with Crippen molar-refractivity contribution in [3.05, 3.63) is 28.2 Å². The third kappa shape index (κ3) is 4.48. The molecular formula is C15H25BrN2O. The van der Waals surface area contributed by atoms with Crippen molar-refractivity contribution in [2.24, 2.45) is 5.73 Å². The monoisotopic (exact) mass is 328 g/mol. The number of benzene rings is 1. The molecule has 1 unspecified atom stereocenters. The van der Waals surface area contributed by atoms with E-state index in [0.29, 0.717) is 6.54 Å². The number of hydrogen-bond donors (Lipinski definition) is 1. The fourth-order valence-corrected chi connectivity index (χ4v) is 2.82. The van der Waals surface area contributed by atoms with Crippen molar-refractivity contribution in [1.82, 2.24) is 4.90 Å². The Bertz CT molecular complexity index is 378. The van der Waals surface area contributed by atoms with E-state index in [1.165, 1.54) is 5.56 Å². The molecule has 3 nitrogen and oxygen atoms in total. The van der Waals surface area contributed by atoms with Gasteiger partial charge >= 0.3 is 0 Å². The highest BCUT2D eigenvalue weighted by Gasteiger charge is 2.21. The molecule has 1 aromatic carbocycles. The van der Waals surface area contributed by atoms with Gasteiger partial charge in [-0.3, -0.25) is 4.90 Å². The molecule has 19 heavy (non-hydrogen) atoms. The topological polar surface area (TPSA) is 38.5 Å². The quantitative estimate of drug-likeness (QED) is 0.792. The van der Waals surface area contributed by atoms with E-state index in [2.05, 4.69) is 40.7 Å². The summed E-state index contributed by atoms with van der Waals surface area (Å²) >= 11 is 3.54. The number of methoxy groups -OCH3 is 1. The maximum absolute atomic E-state index is 6.03. The fourth-order valence-electron chi connectivity index (χ4n) is 2.44. The zero-order chi connectivity index (χ0) is 14.3. The summed E-state index contributed by atoms with van der Waals surface area (Å²) < 4.78 is 6.55. The third-order valence-electron chi connectivity index (χ3n) is 3.24. The van der Waals surface area contributed by atoms with Crippen LogP contribution in [0.25, 0.3) is 0 Å². The lowest BCUT2D eigenvalue weighted by atomic mass is 10.0. The van der Waals surface area contributed by atoms with Crippen LogP contribution < -0.4 is 10.5 Å². The van der Waals surface area contributed by atoms with Crippen LogP contribution in [-0.4, -0.2) is 31.6 Å². The van der Waals surface area contributed by atoms with Crippen LogP contribution in [0.4, 0.5) is 0 Å². The van der Waals surface area contributed by atoms with E-state index in [0.717, 1.165) is 36.2 Å². The molecule has 0 bridgehead atoms. The lowest BCUT2D eigenvalue weighted by Gasteiger charge is -2.31. The molecule has 0 spiro atoms. The van der Waals surface area contributed by atoms with Crippen molar-refractivity contribution in [1.29, 1.82) is 0 Å². The van der Waals surface area contributed by atoms with Crippen LogP contribution in [0.5, 0.6) is 5.75 Å². The SMILES string of the molecule is CCCN(CCC)C(CN)c1cc(Br)ccc1OC. The van der Waals surface area contributed by atoms with Crippen LogP contribution >= 0.6 is 15.9 Å². The molecule has 0 aliphatic carbocycles. The van der Waals surface area contributed by atoms with Gasteiger partial charge in [-0.2, -0.15) is 0 Å². The number of ether oxygens (including phenoxy) is 1. The normalized spacial score (nSPS) is 12.7. The lowest BCUT2D eigenvalue weighted by Crippen LogP contribution is -2.35. The number of nitrogens with two attached hydrogens (primary N) is 1. The van der Waals surface area contributed by atoms with E-state index < -0.39 is 0 Å². The molecule has 0 aliphatic rings. The van der Waals surface area contributed by atoms with E-state index in [4.69, 9.17) is 10.5 Å². The Morgan fingerprint density at radius 2 is 1.89 bits per heavy atom. The molecule has 108 valence electrons. The van der Waals surface area contributed by atoms with Crippen molar-refractivity contribution >= 4 is 15.9 Å². The molecule has 2 N–H and O–H groups in total. The largest absolute Gasteiger partial charge is 0.496 e. The molecule has 4 heteroatoms. The van der Waals surface area contributed by atoms with Gasteiger partial charge in [-0.15, -0.1) is 0 Å². The highest BCUT2D eigenvalue weighted by atomic mass is 79.9. The number of hydrogen-bond acceptors (Lipinski definition) is 3. The summed E-state index contributed by atoms with van der Waals surface area (Å²) in [5, 5.41) is 0. The van der Waals surface area contributed by atoms with Crippen molar-refractivity contribution < 1.29 is 4.74 Å². The number of nitrogens with zero attached hydrogens (tertiary/aromatic N) is 1. The number of rotatable bonds is 8. The third-order valence-corrected chi connectivity index (χ3v) is 3.73. The van der Waals surface area contributed by atoms with Gasteiger partial charge in [0.25, 0.3) is 0 Å². The second-order valence-electron chi connectivity index (χ2n) is 4.67. The molecule has 0 fully saturated rings. The minimum absolute atomic E-state index is 0.215. The number of halogens is 1. The van der Waals surface area contributed by atoms with Gasteiger partial charge in [-0.1, -0.05) is 29.8 Å². The van der Waals surface area contributed by atoms with Crippen molar-refractivity contribution in [2.45, 2.75) is 32.7 Å². The summed E-state index contributed by atoms with van der Waals surface area (Å²) in [5.74, 6) is 0.913. The van der Waals surface area contributed by atoms with Gasteiger partial charge in [0, 0.05) is 16.6 Å². The van der Waals surface area contributed by atoms with Crippen molar-refractivity contribution in [3.63, 3.8) is 0 Å². The fraction of sp³-hybridized carbons (Fsp3) is 0.600. The Kier molecular flexibility index (Phi) is 7.42. The summed E-state index contributed by atoms with van der Waals surface area (Å²) in [4.78, 5) is 2.45. The van der Waals surface area contributed by atoms with Crippen LogP contribution in [0.3, 0.4) is 0 Å². The average molecular weight is 329 g/mol. The maximum Gasteiger partial charge on any atom is 0.123 e. The van der Waals surface area contributed by atoms with E-state index >= 15 is 0 Å². The van der Waals surface area contributed by atoms with E-state index in [-0.39, 0.29) is 6.04 Å². The summed E-state index contributed by atoms with van der Waals surface area (Å²) in [6.45, 7) is 7.13. The van der Waals surface area contributed by atoms with Crippen molar-refractivity contribution in [2.75, 3.05) is 26.7 Å². The summed E-state index contributed by atoms with van der Waals surface area (Å²) in [7, 11) is 1.71. The van der Waals surface area contributed by atoms with Gasteiger partial charge in [-0.25, -0.2) is 0 Å². The first-order valence-electron chi connectivity index (χ1n) is 6.95. The molecular weight excluding hydrogens is 304 g/mol. The molecule has 0 heterocycles. The first-order chi connectivity index (χ1) is 9.17. The van der Waals surface area contributed by atoms with Crippen LogP contribution in [0.15, 0.2) is 22.7 Å². The van der Waals surface area contributed by atoms with Gasteiger partial charge in [0.15, 0.2) is 0 Å². The molecule has 0 saturated carbocycles. The van der Waals surface area contributed by atoms with Crippen LogP contribution in [0.1, 0.15) is 38.3 Å². The predicted molar refractivity (Wildman–Crippen MR) is 84.6 cm³/mol. The molecule has 0 saturated heterocycles. The summed E-state index contributed by atoms with van der Waals surface area (Å²) in [5.41, 5.74) is 7.20. The Morgan fingerprint density at radius 3 is 2.37 bits per heavy atom. The summed E-state index contributed by atoms with van der Waals surface area (Å²) in [6.07, 6.45) is 2.26. The molecule has 1 atom stereocenters. The minimum Gasteiger partial charge on any atom is -0.496 e. The van der Waals surface area contributed by atoms with Crippen LogP contribution in [0.2, 0.25) is 0 Å². The predicted octanol–water partition coefficient (Wildman–Crippen LogP) is 3.58. The summed E-state index contributed by atoms with van der Waals surface area (Å²) in [6, 6.07) is 6.33. The van der Waals surface area contributed by atoms with Gasteiger partial charge in [0.1, 0.15) is 5.75 Å². The molecule has 0 aromatic heterocycles. The van der Waals surface area contributed by atoms with E-state index in [1.54, 1.807) is 7.11 Å². The highest BCUT2D eigenvalue weighted by molar-refractivity contribution is 9.10. The van der Waals surface area contributed by atoms with Gasteiger partial charge < -0.3 is 10.5 Å². The first-order valence-corrected chi connectivity index (χ1v) is 7.74. The lowest BCUT2D eigenvalue weighted by molar-refractivity contribution is 0.198. The Morgan fingerprint density at radius 1 is 1.26 bits per heavy atom. The second-order valence-corrected chi connectivity index (χ2v) is 5.59. The molecule has 1 rings (SSSR count). The molecule has 0 aliphatic heterocycles. The molecule has 1 aromatic rings. The maximum atomic E-state index is 6.03. The second kappa shape index (κ2) is 8.56. The van der Waals surface area contributed by atoms with Crippen molar-refractivity contribution in [3.8, 4) is 5.75 Å². The molecule has 0 radical (unpaired) electrons. The highest BCUT2D eigenvalue weighted by Crippen LogP contribution is 2.31. The minimum atomic E-state index is 0.215. The zero-order valence-electron chi connectivity index (χ0n) is 12.2. The molecule has 0 amide bonds. The Hall–Kier alpha value is -0.580. The standard InChI is InChI=1S/C15H25BrN2O/c1-4-8-18(9-5-2)14(11-17)13-10-12(16)6-7-15(13)19-3/h6-7,10,14H,4-5,8-9,11,17H2,1-3H3. The van der Waals surface area contributed by atoms with Crippen LogP contribution in [-0.2, 0) is 0 Å². The Labute approximate surface area is 125 Å². The Balaban J connectivity index is 3.08.